The number of aromatic amines is 1. The van der Waals surface area contributed by atoms with Crippen LogP contribution in [-0.4, -0.2) is 21.9 Å². The number of rotatable bonds is 6. The number of fused-ring (bicyclic) bond motifs is 1. The summed E-state index contributed by atoms with van der Waals surface area (Å²) in [5, 5.41) is 0.750. The number of pyridine rings is 1. The number of hydrogen-bond acceptors (Lipinski definition) is 4. The van der Waals surface area contributed by atoms with Gasteiger partial charge in [0.2, 0.25) is 0 Å². The molecule has 2 N–H and O–H groups in total. The fourth-order valence-corrected chi connectivity index (χ4v) is 3.69. The van der Waals surface area contributed by atoms with Crippen molar-refractivity contribution >= 4 is 28.7 Å². The van der Waals surface area contributed by atoms with Crippen LogP contribution in [0.5, 0.6) is 11.5 Å². The van der Waals surface area contributed by atoms with Gasteiger partial charge in [-0.15, -0.1) is 0 Å². The van der Waals surface area contributed by atoms with E-state index in [1.54, 1.807) is 31.3 Å². The van der Waals surface area contributed by atoms with Crippen molar-refractivity contribution in [2.75, 3.05) is 10.5 Å². The molecule has 0 radical (unpaired) electrons. The number of aromatic nitrogens is 2. The van der Waals surface area contributed by atoms with Crippen LogP contribution in [0.1, 0.15) is 5.69 Å². The average molecular weight is 465 g/mol. The number of nitrogens with zero attached hydrogens (tertiary/aromatic N) is 1. The highest BCUT2D eigenvalue weighted by Gasteiger charge is 2.27. The minimum atomic E-state index is -4.32. The Morgan fingerprint density at radius 3 is 2.53 bits per heavy atom. The highest BCUT2D eigenvalue weighted by Crippen LogP contribution is 2.40. The van der Waals surface area contributed by atoms with Crippen molar-refractivity contribution in [3.63, 3.8) is 0 Å². The minimum absolute atomic E-state index is 0.184. The Morgan fingerprint density at radius 2 is 1.78 bits per heavy atom. The van der Waals surface area contributed by atoms with Crippen LogP contribution in [0.25, 0.3) is 22.2 Å². The molecule has 2 aromatic heterocycles. The smallest absolute Gasteiger partial charge is 0.399 e. The summed E-state index contributed by atoms with van der Waals surface area (Å²) in [6, 6.07) is 11.2. The maximum atomic E-state index is 14.2. The van der Waals surface area contributed by atoms with Crippen LogP contribution in [-0.2, 0) is 0 Å². The molecule has 0 saturated heterocycles. The van der Waals surface area contributed by atoms with Crippen molar-refractivity contribution in [3.8, 4) is 22.6 Å². The maximum absolute atomic E-state index is 14.2. The summed E-state index contributed by atoms with van der Waals surface area (Å²) in [5.41, 5.74) is 2.90. The van der Waals surface area contributed by atoms with E-state index >= 15 is 0 Å². The van der Waals surface area contributed by atoms with Gasteiger partial charge >= 0.3 is 6.18 Å². The van der Waals surface area contributed by atoms with Gasteiger partial charge in [0.05, 0.1) is 0 Å². The molecule has 10 heteroatoms. The summed E-state index contributed by atoms with van der Waals surface area (Å²) in [7, 11) is 0. The van der Waals surface area contributed by atoms with Gasteiger partial charge in [-0.25, -0.2) is 13.8 Å². The molecule has 0 aliphatic rings. The van der Waals surface area contributed by atoms with E-state index < -0.39 is 23.6 Å². The molecule has 0 atom stereocenters. The number of hydrogen-bond donors (Lipinski definition) is 2. The number of aryl methyl sites for hydroxylation is 1. The predicted molar refractivity (Wildman–Crippen MR) is 115 cm³/mol. The van der Waals surface area contributed by atoms with Crippen LogP contribution in [0.3, 0.4) is 0 Å². The van der Waals surface area contributed by atoms with Crippen molar-refractivity contribution in [1.29, 1.82) is 0 Å². The minimum Gasteiger partial charge on any atom is -0.454 e. The molecule has 0 unspecified atom stereocenters. The second-order valence-corrected chi connectivity index (χ2v) is 7.73. The van der Waals surface area contributed by atoms with Gasteiger partial charge in [-0.05, 0) is 66.9 Å². The summed E-state index contributed by atoms with van der Waals surface area (Å²) in [4.78, 5) is 7.44. The zero-order valence-electron chi connectivity index (χ0n) is 16.6. The van der Waals surface area contributed by atoms with Crippen LogP contribution in [0.15, 0.2) is 54.7 Å². The molecule has 166 valence electrons. The zero-order valence-corrected chi connectivity index (χ0v) is 17.4. The SMILES string of the molecule is Cc1cc(-c2cc(NSCC(F)(F)F)ccc2Oc2ccc(F)cc2F)c2cc[nH]c2n1. The first-order valence-corrected chi connectivity index (χ1v) is 10.3. The summed E-state index contributed by atoms with van der Waals surface area (Å²) in [6.45, 7) is 1.80. The molecule has 0 spiro atoms. The van der Waals surface area contributed by atoms with E-state index in [2.05, 4.69) is 14.7 Å². The van der Waals surface area contributed by atoms with Gasteiger partial charge in [0.15, 0.2) is 11.6 Å². The monoisotopic (exact) mass is 465 g/mol. The Kier molecular flexibility index (Phi) is 5.96. The quantitative estimate of drug-likeness (QED) is 0.233. The van der Waals surface area contributed by atoms with Crippen molar-refractivity contribution in [2.24, 2.45) is 0 Å². The zero-order chi connectivity index (χ0) is 22.9. The predicted octanol–water partition coefficient (Wildman–Crippen LogP) is 7.23. The molecule has 4 nitrogen and oxygen atoms in total. The molecule has 4 rings (SSSR count). The Hall–Kier alpha value is -3.27. The maximum Gasteiger partial charge on any atom is 0.399 e. The Bertz CT molecular complexity index is 1270. The molecular weight excluding hydrogens is 449 g/mol. The summed E-state index contributed by atoms with van der Waals surface area (Å²) < 4.78 is 73.4. The third kappa shape index (κ3) is 4.96. The molecule has 0 bridgehead atoms. The first-order chi connectivity index (χ1) is 15.2. The van der Waals surface area contributed by atoms with Crippen molar-refractivity contribution in [1.82, 2.24) is 9.97 Å². The molecule has 2 heterocycles. The van der Waals surface area contributed by atoms with Crippen LogP contribution in [0, 0.1) is 18.6 Å². The van der Waals surface area contributed by atoms with E-state index in [0.29, 0.717) is 46.2 Å². The van der Waals surface area contributed by atoms with E-state index in [4.69, 9.17) is 4.74 Å². The summed E-state index contributed by atoms with van der Waals surface area (Å²) in [6.07, 6.45) is -2.61. The molecular formula is C22H16F5N3OS. The van der Waals surface area contributed by atoms with Crippen LogP contribution < -0.4 is 9.46 Å². The highest BCUT2D eigenvalue weighted by molar-refractivity contribution is 8.00. The van der Waals surface area contributed by atoms with Crippen molar-refractivity contribution in [2.45, 2.75) is 13.1 Å². The van der Waals surface area contributed by atoms with E-state index in [-0.39, 0.29) is 11.5 Å². The van der Waals surface area contributed by atoms with Gasteiger partial charge < -0.3 is 14.4 Å². The third-order valence-corrected chi connectivity index (χ3v) is 5.32. The Morgan fingerprint density at radius 1 is 1.00 bits per heavy atom. The van der Waals surface area contributed by atoms with E-state index in [1.165, 1.54) is 18.2 Å². The Balaban J connectivity index is 1.77. The van der Waals surface area contributed by atoms with Crippen LogP contribution >= 0.6 is 11.9 Å². The first-order valence-electron chi connectivity index (χ1n) is 9.36. The van der Waals surface area contributed by atoms with Gasteiger partial charge in [-0.1, -0.05) is 0 Å². The molecule has 0 amide bonds. The van der Waals surface area contributed by atoms with Gasteiger partial charge in [0.25, 0.3) is 0 Å². The van der Waals surface area contributed by atoms with E-state index in [1.807, 2.05) is 0 Å². The third-order valence-electron chi connectivity index (χ3n) is 4.47. The van der Waals surface area contributed by atoms with Gasteiger partial charge in [0, 0.05) is 34.6 Å². The first kappa shape index (κ1) is 21.9. The largest absolute Gasteiger partial charge is 0.454 e. The van der Waals surface area contributed by atoms with Crippen molar-refractivity contribution < 1.29 is 26.7 Å². The van der Waals surface area contributed by atoms with Crippen molar-refractivity contribution in [3.05, 3.63) is 72.1 Å². The van der Waals surface area contributed by atoms with Gasteiger partial charge in [0.1, 0.15) is 23.0 Å². The van der Waals surface area contributed by atoms with E-state index in [0.717, 1.165) is 11.5 Å². The summed E-state index contributed by atoms with van der Waals surface area (Å²) in [5.74, 6) is -2.63. The molecule has 2 aromatic carbocycles. The number of halogens is 5. The van der Waals surface area contributed by atoms with Gasteiger partial charge in [-0.3, -0.25) is 0 Å². The van der Waals surface area contributed by atoms with E-state index in [9.17, 15) is 22.0 Å². The molecule has 0 saturated carbocycles. The number of ether oxygens (including phenoxy) is 1. The molecule has 0 aliphatic heterocycles. The summed E-state index contributed by atoms with van der Waals surface area (Å²) >= 11 is 0.504. The lowest BCUT2D eigenvalue weighted by Gasteiger charge is -2.16. The lowest BCUT2D eigenvalue weighted by atomic mass is 10.0. The normalized spacial score (nSPS) is 11.7. The fraction of sp³-hybridized carbons (Fsp3) is 0.136. The molecule has 0 aliphatic carbocycles. The topological polar surface area (TPSA) is 49.9 Å². The van der Waals surface area contributed by atoms with Crippen LogP contribution in [0.4, 0.5) is 27.6 Å². The number of alkyl halides is 3. The fourth-order valence-electron chi connectivity index (χ4n) is 3.16. The molecule has 0 fully saturated rings. The average Bonchev–Trinajstić information content (AvgIpc) is 3.18. The second kappa shape index (κ2) is 8.70. The van der Waals surface area contributed by atoms with Crippen LogP contribution in [0.2, 0.25) is 0 Å². The van der Waals surface area contributed by atoms with Gasteiger partial charge in [-0.2, -0.15) is 13.2 Å². The number of benzene rings is 2. The number of anilines is 1. The Labute approximate surface area is 184 Å². The molecule has 32 heavy (non-hydrogen) atoms. The standard InChI is InChI=1S/C22H16F5N3OS/c1-12-8-16(15-6-7-28-21(15)29-12)17-10-14(30-32-11-22(25,26)27)3-5-19(17)31-20-4-2-13(23)9-18(20)24/h2-10,30H,11H2,1H3,(H,28,29). The highest BCUT2D eigenvalue weighted by atomic mass is 32.2. The molecule has 4 aromatic rings. The lowest BCUT2D eigenvalue weighted by molar-refractivity contribution is -0.105. The number of nitrogens with one attached hydrogen (secondary N) is 2. The number of H-pyrrole nitrogens is 1. The second-order valence-electron chi connectivity index (χ2n) is 6.94. The lowest BCUT2D eigenvalue weighted by Crippen LogP contribution is -2.12.